The fourth-order valence-corrected chi connectivity index (χ4v) is 2.26. The second-order valence-corrected chi connectivity index (χ2v) is 5.26. The van der Waals surface area contributed by atoms with E-state index in [-0.39, 0.29) is 18.3 Å². The first-order valence-corrected chi connectivity index (χ1v) is 7.82. The highest BCUT2D eigenvalue weighted by Gasteiger charge is 2.17. The Bertz CT molecular complexity index is 317. The van der Waals surface area contributed by atoms with Crippen molar-refractivity contribution in [1.29, 1.82) is 0 Å². The molecular weight excluding hydrogens is 272 g/mol. The lowest BCUT2D eigenvalue weighted by Gasteiger charge is -2.30. The van der Waals surface area contributed by atoms with Crippen LogP contribution in [0.4, 0.5) is 0 Å². The Morgan fingerprint density at radius 3 is 2.52 bits per heavy atom. The molecule has 0 bridgehead atoms. The molecule has 1 rings (SSSR count). The van der Waals surface area contributed by atoms with Gasteiger partial charge in [0, 0.05) is 39.1 Å². The molecule has 0 radical (unpaired) electrons. The van der Waals surface area contributed by atoms with Gasteiger partial charge in [0.15, 0.2) is 0 Å². The molecule has 0 aromatic carbocycles. The number of morpholine rings is 1. The highest BCUT2D eigenvalue weighted by molar-refractivity contribution is 5.77. The summed E-state index contributed by atoms with van der Waals surface area (Å²) in [6, 6.07) is 0. The number of unbranched alkanes of at least 4 members (excludes halogenated alkanes) is 1. The summed E-state index contributed by atoms with van der Waals surface area (Å²) in [5.74, 6) is -0.135. The Labute approximate surface area is 127 Å². The van der Waals surface area contributed by atoms with Gasteiger partial charge in [0.05, 0.1) is 26.7 Å². The molecule has 0 saturated carbocycles. The molecule has 1 aliphatic heterocycles. The first kappa shape index (κ1) is 17.9. The number of esters is 1. The summed E-state index contributed by atoms with van der Waals surface area (Å²) in [5, 5.41) is 0. The van der Waals surface area contributed by atoms with E-state index in [1.807, 2.05) is 0 Å². The van der Waals surface area contributed by atoms with Crippen LogP contribution in [0.15, 0.2) is 0 Å². The van der Waals surface area contributed by atoms with Crippen LogP contribution >= 0.6 is 0 Å². The van der Waals surface area contributed by atoms with E-state index in [0.29, 0.717) is 19.5 Å². The predicted octanol–water partition coefficient (Wildman–Crippen LogP) is 0.901. The molecular formula is C15H28N2O4. The van der Waals surface area contributed by atoms with Crippen LogP contribution in [0, 0.1) is 0 Å². The monoisotopic (exact) mass is 300 g/mol. The van der Waals surface area contributed by atoms with Gasteiger partial charge in [-0.1, -0.05) is 13.3 Å². The molecule has 0 unspecified atom stereocenters. The summed E-state index contributed by atoms with van der Waals surface area (Å²) in [7, 11) is 1.37. The summed E-state index contributed by atoms with van der Waals surface area (Å²) in [5.41, 5.74) is 0. The van der Waals surface area contributed by atoms with Gasteiger partial charge in [0.2, 0.25) is 5.91 Å². The van der Waals surface area contributed by atoms with Crippen LogP contribution in [-0.4, -0.2) is 74.7 Å². The van der Waals surface area contributed by atoms with Gasteiger partial charge in [-0.3, -0.25) is 14.5 Å². The first-order chi connectivity index (χ1) is 10.2. The molecule has 1 aliphatic rings. The highest BCUT2D eigenvalue weighted by atomic mass is 16.5. The normalized spacial score (nSPS) is 15.7. The van der Waals surface area contributed by atoms with E-state index in [1.165, 1.54) is 7.11 Å². The van der Waals surface area contributed by atoms with Crippen molar-refractivity contribution in [2.24, 2.45) is 0 Å². The minimum Gasteiger partial charge on any atom is -0.469 e. The van der Waals surface area contributed by atoms with E-state index >= 15 is 0 Å². The fourth-order valence-electron chi connectivity index (χ4n) is 2.26. The maximum atomic E-state index is 12.2. The number of methoxy groups -OCH3 is 1. The van der Waals surface area contributed by atoms with Gasteiger partial charge >= 0.3 is 5.97 Å². The van der Waals surface area contributed by atoms with E-state index < -0.39 is 0 Å². The number of rotatable bonds is 9. The molecule has 1 heterocycles. The standard InChI is InChI=1S/C15H28N2O4/c1-3-4-5-14(18)17(7-6-15(19)20-2)9-8-16-10-12-21-13-11-16/h3-13H2,1-2H3. The average Bonchev–Trinajstić information content (AvgIpc) is 2.53. The van der Waals surface area contributed by atoms with Gasteiger partial charge in [0.1, 0.15) is 0 Å². The molecule has 6 nitrogen and oxygen atoms in total. The third-order valence-corrected chi connectivity index (χ3v) is 3.70. The third kappa shape index (κ3) is 7.43. The molecule has 0 aromatic rings. The van der Waals surface area contributed by atoms with Crippen molar-refractivity contribution in [3.63, 3.8) is 0 Å². The minimum absolute atomic E-state index is 0.133. The number of amides is 1. The Morgan fingerprint density at radius 2 is 1.90 bits per heavy atom. The summed E-state index contributed by atoms with van der Waals surface area (Å²) in [4.78, 5) is 27.6. The molecule has 6 heteroatoms. The van der Waals surface area contributed by atoms with Crippen LogP contribution in [0.5, 0.6) is 0 Å². The number of hydrogen-bond acceptors (Lipinski definition) is 5. The van der Waals surface area contributed by atoms with Gasteiger partial charge in [-0.2, -0.15) is 0 Å². The van der Waals surface area contributed by atoms with E-state index in [2.05, 4.69) is 16.6 Å². The number of carbonyl (C=O) groups is 2. The molecule has 21 heavy (non-hydrogen) atoms. The summed E-state index contributed by atoms with van der Waals surface area (Å²) in [6.07, 6.45) is 2.71. The van der Waals surface area contributed by atoms with Crippen LogP contribution in [0.25, 0.3) is 0 Å². The Hall–Kier alpha value is -1.14. The number of nitrogens with zero attached hydrogens (tertiary/aromatic N) is 2. The SMILES string of the molecule is CCCCC(=O)N(CCC(=O)OC)CCN1CCOCC1. The molecule has 0 aliphatic carbocycles. The Kier molecular flexibility index (Phi) is 9.01. The molecule has 0 spiro atoms. The molecule has 1 saturated heterocycles. The number of carbonyl (C=O) groups excluding carboxylic acids is 2. The summed E-state index contributed by atoms with van der Waals surface area (Å²) < 4.78 is 9.97. The lowest BCUT2D eigenvalue weighted by atomic mass is 10.2. The van der Waals surface area contributed by atoms with Gasteiger partial charge in [0.25, 0.3) is 0 Å². The first-order valence-electron chi connectivity index (χ1n) is 7.82. The molecule has 0 aromatic heterocycles. The van der Waals surface area contributed by atoms with Crippen molar-refractivity contribution in [2.75, 3.05) is 53.0 Å². The lowest BCUT2D eigenvalue weighted by Crippen LogP contribution is -2.43. The van der Waals surface area contributed by atoms with E-state index in [0.717, 1.165) is 45.7 Å². The maximum absolute atomic E-state index is 12.2. The maximum Gasteiger partial charge on any atom is 0.307 e. The molecule has 1 fully saturated rings. The van der Waals surface area contributed by atoms with Crippen LogP contribution in [-0.2, 0) is 19.1 Å². The summed E-state index contributed by atoms with van der Waals surface area (Å²) in [6.45, 7) is 7.35. The van der Waals surface area contributed by atoms with Gasteiger partial charge in [-0.05, 0) is 6.42 Å². The van der Waals surface area contributed by atoms with Crippen molar-refractivity contribution < 1.29 is 19.1 Å². The van der Waals surface area contributed by atoms with Crippen molar-refractivity contribution in [2.45, 2.75) is 32.6 Å². The predicted molar refractivity (Wildman–Crippen MR) is 80.0 cm³/mol. The van der Waals surface area contributed by atoms with Crippen LogP contribution in [0.3, 0.4) is 0 Å². The van der Waals surface area contributed by atoms with Crippen LogP contribution < -0.4 is 0 Å². The Morgan fingerprint density at radius 1 is 1.19 bits per heavy atom. The number of ether oxygens (including phenoxy) is 2. The average molecular weight is 300 g/mol. The van der Waals surface area contributed by atoms with E-state index in [9.17, 15) is 9.59 Å². The fraction of sp³-hybridized carbons (Fsp3) is 0.867. The van der Waals surface area contributed by atoms with Crippen LogP contribution in [0.1, 0.15) is 32.6 Å². The Balaban J connectivity index is 2.41. The topological polar surface area (TPSA) is 59.1 Å². The van der Waals surface area contributed by atoms with Gasteiger partial charge in [-0.25, -0.2) is 0 Å². The molecule has 0 atom stereocenters. The second kappa shape index (κ2) is 10.6. The van der Waals surface area contributed by atoms with Crippen LogP contribution in [0.2, 0.25) is 0 Å². The number of hydrogen-bond donors (Lipinski definition) is 0. The van der Waals surface area contributed by atoms with E-state index in [1.54, 1.807) is 4.90 Å². The van der Waals surface area contributed by atoms with Crippen molar-refractivity contribution in [3.8, 4) is 0 Å². The van der Waals surface area contributed by atoms with Crippen molar-refractivity contribution in [1.82, 2.24) is 9.80 Å². The third-order valence-electron chi connectivity index (χ3n) is 3.70. The lowest BCUT2D eigenvalue weighted by molar-refractivity contribution is -0.141. The minimum atomic E-state index is -0.269. The molecule has 0 N–H and O–H groups in total. The van der Waals surface area contributed by atoms with Gasteiger partial charge in [-0.15, -0.1) is 0 Å². The van der Waals surface area contributed by atoms with Gasteiger partial charge < -0.3 is 14.4 Å². The quantitative estimate of drug-likeness (QED) is 0.592. The largest absolute Gasteiger partial charge is 0.469 e. The summed E-state index contributed by atoms with van der Waals surface area (Å²) >= 11 is 0. The van der Waals surface area contributed by atoms with Crippen molar-refractivity contribution >= 4 is 11.9 Å². The second-order valence-electron chi connectivity index (χ2n) is 5.26. The highest BCUT2D eigenvalue weighted by Crippen LogP contribution is 2.04. The van der Waals surface area contributed by atoms with E-state index in [4.69, 9.17) is 4.74 Å². The zero-order valence-electron chi connectivity index (χ0n) is 13.3. The molecule has 1 amide bonds. The smallest absolute Gasteiger partial charge is 0.307 e. The zero-order chi connectivity index (χ0) is 15.5. The van der Waals surface area contributed by atoms with Crippen molar-refractivity contribution in [3.05, 3.63) is 0 Å². The zero-order valence-corrected chi connectivity index (χ0v) is 13.3. The molecule has 122 valence electrons.